The number of halogens is 4. The van der Waals surface area contributed by atoms with Crippen LogP contribution in [0.3, 0.4) is 0 Å². The van der Waals surface area contributed by atoms with Crippen LogP contribution in [0, 0.1) is 10.1 Å². The second kappa shape index (κ2) is 6.06. The van der Waals surface area contributed by atoms with Gasteiger partial charge < -0.3 is 4.74 Å². The molecule has 2 aromatic carbocycles. The average molecular weight is 353 g/mol. The van der Waals surface area contributed by atoms with Gasteiger partial charge in [0.2, 0.25) is 0 Å². The van der Waals surface area contributed by atoms with Crippen LogP contribution < -0.4 is 4.74 Å². The third-order valence-corrected chi connectivity index (χ3v) is 3.48. The van der Waals surface area contributed by atoms with E-state index >= 15 is 0 Å². The van der Waals surface area contributed by atoms with Crippen molar-refractivity contribution in [1.82, 2.24) is 0 Å². The summed E-state index contributed by atoms with van der Waals surface area (Å²) in [4.78, 5) is 10.1. The van der Waals surface area contributed by atoms with Gasteiger partial charge in [-0.15, -0.1) is 0 Å². The fourth-order valence-electron chi connectivity index (χ4n) is 1.47. The topological polar surface area (TPSA) is 52.4 Å². The molecular weight excluding hydrogens is 348 g/mol. The Balaban J connectivity index is 2.43. The molecule has 0 amide bonds. The van der Waals surface area contributed by atoms with E-state index in [1.165, 1.54) is 12.1 Å². The summed E-state index contributed by atoms with van der Waals surface area (Å²) in [6.07, 6.45) is 0. The first-order chi connectivity index (χ1) is 9.40. The summed E-state index contributed by atoms with van der Waals surface area (Å²) in [7, 11) is 0. The number of nitro benzene ring substituents is 1. The van der Waals surface area contributed by atoms with Crippen LogP contribution in [0.2, 0.25) is 20.1 Å². The van der Waals surface area contributed by atoms with Gasteiger partial charge in [-0.3, -0.25) is 10.1 Å². The smallest absolute Gasteiger partial charge is 0.306 e. The van der Waals surface area contributed by atoms with E-state index in [2.05, 4.69) is 0 Å². The Bertz CT molecular complexity index is 647. The predicted molar refractivity (Wildman–Crippen MR) is 79.7 cm³/mol. The van der Waals surface area contributed by atoms with Gasteiger partial charge in [0, 0.05) is 12.1 Å². The maximum Gasteiger partial charge on any atom is 0.306 e. The van der Waals surface area contributed by atoms with Crippen molar-refractivity contribution < 1.29 is 9.66 Å². The zero-order valence-electron chi connectivity index (χ0n) is 9.57. The van der Waals surface area contributed by atoms with Crippen LogP contribution in [0.25, 0.3) is 0 Å². The van der Waals surface area contributed by atoms with Crippen LogP contribution in [0.15, 0.2) is 30.3 Å². The van der Waals surface area contributed by atoms with Gasteiger partial charge in [-0.05, 0) is 12.1 Å². The normalized spacial score (nSPS) is 10.4. The summed E-state index contributed by atoms with van der Waals surface area (Å²) < 4.78 is 5.48. The SMILES string of the molecule is O=[N+]([O-])c1c(Cl)cc(Oc2c(Cl)cccc2Cl)cc1Cl. The molecule has 0 aromatic heterocycles. The van der Waals surface area contributed by atoms with Gasteiger partial charge >= 0.3 is 5.69 Å². The van der Waals surface area contributed by atoms with E-state index in [4.69, 9.17) is 51.1 Å². The molecule has 0 spiro atoms. The number of nitrogens with zero attached hydrogens (tertiary/aromatic N) is 1. The lowest BCUT2D eigenvalue weighted by Gasteiger charge is -2.10. The highest BCUT2D eigenvalue weighted by atomic mass is 35.5. The first-order valence-corrected chi connectivity index (χ1v) is 6.66. The minimum atomic E-state index is -0.670. The molecule has 0 heterocycles. The summed E-state index contributed by atoms with van der Waals surface area (Å²) >= 11 is 23.5. The van der Waals surface area contributed by atoms with Gasteiger partial charge in [0.1, 0.15) is 15.8 Å². The minimum absolute atomic E-state index is 0.138. The standard InChI is InChI=1S/C12H5Cl4NO3/c13-7-2-1-3-8(14)12(7)20-6-4-9(15)11(17(18)19)10(16)5-6/h1-5H. The van der Waals surface area contributed by atoms with Gasteiger partial charge in [0.25, 0.3) is 0 Å². The number of ether oxygens (including phenoxy) is 1. The van der Waals surface area contributed by atoms with Gasteiger partial charge in [0.05, 0.1) is 15.0 Å². The molecule has 0 bridgehead atoms. The Morgan fingerprint density at radius 2 is 1.45 bits per heavy atom. The molecule has 0 N–H and O–H groups in total. The molecule has 0 radical (unpaired) electrons. The zero-order chi connectivity index (χ0) is 14.9. The lowest BCUT2D eigenvalue weighted by molar-refractivity contribution is -0.384. The van der Waals surface area contributed by atoms with E-state index in [9.17, 15) is 10.1 Å². The highest BCUT2D eigenvalue weighted by Gasteiger charge is 2.20. The summed E-state index contributed by atoms with van der Waals surface area (Å²) in [5, 5.41) is 11.1. The van der Waals surface area contributed by atoms with Crippen molar-refractivity contribution in [3.05, 3.63) is 60.5 Å². The number of rotatable bonds is 3. The number of nitro groups is 1. The Morgan fingerprint density at radius 1 is 0.950 bits per heavy atom. The van der Waals surface area contributed by atoms with Crippen LogP contribution in [0.5, 0.6) is 11.5 Å². The van der Waals surface area contributed by atoms with E-state index < -0.39 is 4.92 Å². The molecule has 4 nitrogen and oxygen atoms in total. The molecule has 0 unspecified atom stereocenters. The lowest BCUT2D eigenvalue weighted by Crippen LogP contribution is -1.93. The molecule has 20 heavy (non-hydrogen) atoms. The molecule has 8 heteroatoms. The zero-order valence-corrected chi connectivity index (χ0v) is 12.6. The highest BCUT2D eigenvalue weighted by molar-refractivity contribution is 6.38. The van der Waals surface area contributed by atoms with Crippen LogP contribution in [0.4, 0.5) is 5.69 Å². The Hall–Kier alpha value is -1.20. The third-order valence-electron chi connectivity index (χ3n) is 2.31. The van der Waals surface area contributed by atoms with E-state index in [1.807, 2.05) is 0 Å². The monoisotopic (exact) mass is 351 g/mol. The number of para-hydroxylation sites is 1. The third kappa shape index (κ3) is 3.10. The summed E-state index contributed by atoms with van der Waals surface area (Å²) in [5.74, 6) is 0.414. The fraction of sp³-hybridized carbons (Fsp3) is 0. The van der Waals surface area contributed by atoms with E-state index in [1.54, 1.807) is 18.2 Å². The molecule has 0 aliphatic carbocycles. The van der Waals surface area contributed by atoms with E-state index in [-0.39, 0.29) is 27.2 Å². The van der Waals surface area contributed by atoms with Crippen LogP contribution in [-0.4, -0.2) is 4.92 Å². The largest absolute Gasteiger partial charge is 0.454 e. The quantitative estimate of drug-likeness (QED) is 0.502. The van der Waals surface area contributed by atoms with Gasteiger partial charge in [-0.1, -0.05) is 52.5 Å². The second-order valence-corrected chi connectivity index (χ2v) is 5.27. The molecule has 104 valence electrons. The van der Waals surface area contributed by atoms with Gasteiger partial charge in [-0.2, -0.15) is 0 Å². The molecule has 0 saturated carbocycles. The average Bonchev–Trinajstić information content (AvgIpc) is 2.32. The molecule has 0 fully saturated rings. The number of benzene rings is 2. The number of hydrogen-bond donors (Lipinski definition) is 0. The Kier molecular flexibility index (Phi) is 4.60. The molecule has 2 rings (SSSR count). The van der Waals surface area contributed by atoms with E-state index in [0.717, 1.165) is 0 Å². The molecule has 0 atom stereocenters. The first kappa shape index (κ1) is 15.2. The minimum Gasteiger partial charge on any atom is -0.454 e. The van der Waals surface area contributed by atoms with Crippen molar-refractivity contribution in [2.24, 2.45) is 0 Å². The number of hydrogen-bond acceptors (Lipinski definition) is 3. The van der Waals surface area contributed by atoms with Gasteiger partial charge in [-0.25, -0.2) is 0 Å². The maximum absolute atomic E-state index is 10.8. The van der Waals surface area contributed by atoms with Crippen LogP contribution in [0.1, 0.15) is 0 Å². The lowest BCUT2D eigenvalue weighted by atomic mass is 10.3. The Morgan fingerprint density at radius 3 is 1.90 bits per heavy atom. The van der Waals surface area contributed by atoms with Crippen molar-refractivity contribution >= 4 is 52.1 Å². The fourth-order valence-corrected chi connectivity index (χ4v) is 2.55. The molecule has 0 aliphatic rings. The van der Waals surface area contributed by atoms with Crippen LogP contribution in [-0.2, 0) is 0 Å². The molecule has 0 aliphatic heterocycles. The Labute approximate surface area is 133 Å². The highest BCUT2D eigenvalue weighted by Crippen LogP contribution is 2.41. The summed E-state index contributed by atoms with van der Waals surface area (Å²) in [6.45, 7) is 0. The van der Waals surface area contributed by atoms with Gasteiger partial charge in [0.15, 0.2) is 5.75 Å². The van der Waals surface area contributed by atoms with Crippen molar-refractivity contribution in [3.8, 4) is 11.5 Å². The van der Waals surface area contributed by atoms with E-state index in [0.29, 0.717) is 10.0 Å². The molecule has 0 saturated heterocycles. The van der Waals surface area contributed by atoms with Crippen molar-refractivity contribution in [2.75, 3.05) is 0 Å². The second-order valence-electron chi connectivity index (χ2n) is 3.65. The van der Waals surface area contributed by atoms with Crippen molar-refractivity contribution in [2.45, 2.75) is 0 Å². The molecular formula is C12H5Cl4NO3. The summed E-state index contributed by atoms with van der Waals surface area (Å²) in [5.41, 5.74) is -0.383. The van der Waals surface area contributed by atoms with Crippen molar-refractivity contribution in [3.63, 3.8) is 0 Å². The maximum atomic E-state index is 10.8. The predicted octanol–water partition coefficient (Wildman–Crippen LogP) is 6.00. The van der Waals surface area contributed by atoms with Crippen LogP contribution >= 0.6 is 46.4 Å². The van der Waals surface area contributed by atoms with Crippen molar-refractivity contribution in [1.29, 1.82) is 0 Å². The summed E-state index contributed by atoms with van der Waals surface area (Å²) in [6, 6.07) is 7.39. The molecule has 2 aromatic rings. The first-order valence-electron chi connectivity index (χ1n) is 5.15.